The fraction of sp³-hybridized carbons (Fsp3) is 0.200. The number of nitrogens with one attached hydrogen (secondary N) is 1. The van der Waals surface area contributed by atoms with Crippen LogP contribution in [0.2, 0.25) is 0 Å². The Morgan fingerprint density at radius 1 is 0.923 bits per heavy atom. The lowest BCUT2D eigenvalue weighted by Gasteiger charge is -2.14. The van der Waals surface area contributed by atoms with Crippen LogP contribution in [0, 0.1) is 13.8 Å². The molecule has 0 fully saturated rings. The van der Waals surface area contributed by atoms with Gasteiger partial charge in [0.1, 0.15) is 0 Å². The maximum absolute atomic E-state index is 12.6. The first-order valence-corrected chi connectivity index (χ1v) is 10.1. The lowest BCUT2D eigenvalue weighted by molar-refractivity contribution is -0.137. The molecule has 2 aromatic carbocycles. The first kappa shape index (κ1) is 20.2. The molecule has 0 unspecified atom stereocenters. The lowest BCUT2D eigenvalue weighted by atomic mass is 10.1. The van der Waals surface area contributed by atoms with Crippen molar-refractivity contribution in [3.05, 3.63) is 53.1 Å². The van der Waals surface area contributed by atoms with Gasteiger partial charge in [-0.15, -0.1) is 0 Å². The largest absolute Gasteiger partial charge is 0.416 e. The summed E-state index contributed by atoms with van der Waals surface area (Å²) in [6, 6.07) is 5.27. The van der Waals surface area contributed by atoms with Crippen LogP contribution in [0.1, 0.15) is 16.7 Å². The zero-order chi connectivity index (χ0) is 19.9. The minimum absolute atomic E-state index is 0.0334. The van der Waals surface area contributed by atoms with Gasteiger partial charge in [0.15, 0.2) is 0 Å². The van der Waals surface area contributed by atoms with Gasteiger partial charge in [-0.1, -0.05) is 0 Å². The third-order valence-corrected chi connectivity index (χ3v) is 5.98. The molecule has 0 aromatic heterocycles. The Morgan fingerprint density at radius 2 is 1.46 bits per heavy atom. The van der Waals surface area contributed by atoms with Crippen LogP contribution in [0.3, 0.4) is 0 Å². The lowest BCUT2D eigenvalue weighted by Crippen LogP contribution is -2.17. The number of hydrogen-bond acceptors (Lipinski definition) is 4. The van der Waals surface area contributed by atoms with Crippen LogP contribution in [0.15, 0.2) is 46.2 Å². The van der Waals surface area contributed by atoms with E-state index in [1.54, 1.807) is 13.8 Å². The predicted molar refractivity (Wildman–Crippen MR) is 89.5 cm³/mol. The molecular formula is C15H15F3N2O4S2. The van der Waals surface area contributed by atoms with Crippen molar-refractivity contribution in [3.8, 4) is 0 Å². The molecular weight excluding hydrogens is 393 g/mol. The van der Waals surface area contributed by atoms with Crippen molar-refractivity contribution in [2.24, 2.45) is 5.14 Å². The molecule has 3 N–H and O–H groups in total. The van der Waals surface area contributed by atoms with Gasteiger partial charge in [0.2, 0.25) is 10.0 Å². The zero-order valence-corrected chi connectivity index (χ0v) is 15.3. The molecule has 0 heterocycles. The molecule has 6 nitrogen and oxygen atoms in total. The van der Waals surface area contributed by atoms with Gasteiger partial charge in [0.25, 0.3) is 10.0 Å². The highest BCUT2D eigenvalue weighted by Crippen LogP contribution is 2.30. The molecule has 0 saturated carbocycles. The Balaban J connectivity index is 2.45. The van der Waals surface area contributed by atoms with Crippen LogP contribution in [-0.2, 0) is 26.2 Å². The van der Waals surface area contributed by atoms with E-state index in [-0.39, 0.29) is 10.6 Å². The second kappa shape index (κ2) is 6.56. The fourth-order valence-electron chi connectivity index (χ4n) is 2.12. The SMILES string of the molecule is Cc1cc(S(N)(=O)=O)cc(NS(=O)(=O)c2ccc(C(F)(F)F)cc2)c1C. The number of primary sulfonamides is 1. The number of alkyl halides is 3. The number of aryl methyl sites for hydroxylation is 1. The molecule has 0 aliphatic rings. The topological polar surface area (TPSA) is 106 Å². The van der Waals surface area contributed by atoms with E-state index in [1.165, 1.54) is 6.07 Å². The summed E-state index contributed by atoms with van der Waals surface area (Å²) >= 11 is 0. The molecule has 0 aliphatic carbocycles. The van der Waals surface area contributed by atoms with Crippen molar-refractivity contribution in [3.63, 3.8) is 0 Å². The van der Waals surface area contributed by atoms with Gasteiger partial charge < -0.3 is 0 Å². The summed E-state index contributed by atoms with van der Waals surface area (Å²) in [4.78, 5) is -0.686. The van der Waals surface area contributed by atoms with Crippen LogP contribution in [0.25, 0.3) is 0 Å². The van der Waals surface area contributed by atoms with E-state index < -0.39 is 36.7 Å². The van der Waals surface area contributed by atoms with E-state index in [9.17, 15) is 30.0 Å². The molecule has 26 heavy (non-hydrogen) atoms. The summed E-state index contributed by atoms with van der Waals surface area (Å²) in [6.07, 6.45) is -4.59. The maximum atomic E-state index is 12.6. The van der Waals surface area contributed by atoms with Crippen molar-refractivity contribution in [2.45, 2.75) is 29.8 Å². The second-order valence-electron chi connectivity index (χ2n) is 5.59. The third kappa shape index (κ3) is 4.34. The summed E-state index contributed by atoms with van der Waals surface area (Å²) in [5, 5.41) is 5.07. The van der Waals surface area contributed by atoms with Gasteiger partial charge in [0, 0.05) is 0 Å². The first-order valence-electron chi connectivity index (χ1n) is 7.06. The first-order chi connectivity index (χ1) is 11.7. The second-order valence-corrected chi connectivity index (χ2v) is 8.83. The molecule has 0 spiro atoms. The van der Waals surface area contributed by atoms with Crippen LogP contribution >= 0.6 is 0 Å². The van der Waals surface area contributed by atoms with Gasteiger partial charge in [-0.05, 0) is 61.4 Å². The normalized spacial score (nSPS) is 12.8. The van der Waals surface area contributed by atoms with Gasteiger partial charge in [-0.3, -0.25) is 4.72 Å². The van der Waals surface area contributed by atoms with Crippen LogP contribution in [0.5, 0.6) is 0 Å². The minimum Gasteiger partial charge on any atom is -0.279 e. The van der Waals surface area contributed by atoms with Gasteiger partial charge in [0.05, 0.1) is 21.0 Å². The maximum Gasteiger partial charge on any atom is 0.416 e. The summed E-state index contributed by atoms with van der Waals surface area (Å²) in [5.41, 5.74) is -0.0943. The van der Waals surface area contributed by atoms with Gasteiger partial charge in [-0.25, -0.2) is 22.0 Å². The van der Waals surface area contributed by atoms with E-state index in [0.717, 1.165) is 18.2 Å². The number of sulfonamides is 2. The van der Waals surface area contributed by atoms with Crippen LogP contribution in [0.4, 0.5) is 18.9 Å². The van der Waals surface area contributed by atoms with E-state index >= 15 is 0 Å². The van der Waals surface area contributed by atoms with Crippen molar-refractivity contribution in [1.29, 1.82) is 0 Å². The molecule has 142 valence electrons. The van der Waals surface area contributed by atoms with Gasteiger partial charge >= 0.3 is 6.18 Å². The van der Waals surface area contributed by atoms with Crippen molar-refractivity contribution >= 4 is 25.7 Å². The molecule has 2 rings (SSSR count). The number of benzene rings is 2. The molecule has 0 saturated heterocycles. The average molecular weight is 408 g/mol. The minimum atomic E-state index is -4.59. The van der Waals surface area contributed by atoms with E-state index in [4.69, 9.17) is 5.14 Å². The molecule has 0 bridgehead atoms. The number of nitrogens with two attached hydrogens (primary N) is 1. The Kier molecular flexibility index (Phi) is 5.10. The molecule has 0 amide bonds. The fourth-order valence-corrected chi connectivity index (χ4v) is 3.86. The van der Waals surface area contributed by atoms with Crippen LogP contribution in [-0.4, -0.2) is 16.8 Å². The highest BCUT2D eigenvalue weighted by Gasteiger charge is 2.30. The van der Waals surface area contributed by atoms with E-state index in [0.29, 0.717) is 23.3 Å². The summed E-state index contributed by atoms with van der Waals surface area (Å²) in [5.74, 6) is 0. The monoisotopic (exact) mass is 408 g/mol. The highest BCUT2D eigenvalue weighted by molar-refractivity contribution is 7.92. The molecule has 2 aromatic rings. The Hall–Kier alpha value is -2.11. The summed E-state index contributed by atoms with van der Waals surface area (Å²) in [6.45, 7) is 3.13. The summed E-state index contributed by atoms with van der Waals surface area (Å²) in [7, 11) is -8.30. The van der Waals surface area contributed by atoms with Crippen molar-refractivity contribution in [2.75, 3.05) is 4.72 Å². The Labute approximate surface area is 148 Å². The van der Waals surface area contributed by atoms with Crippen molar-refractivity contribution < 1.29 is 30.0 Å². The summed E-state index contributed by atoms with van der Waals surface area (Å²) < 4.78 is 87.8. The number of halogens is 3. The predicted octanol–water partition coefficient (Wildman–Crippen LogP) is 2.77. The Bertz CT molecular complexity index is 1050. The molecule has 11 heteroatoms. The Morgan fingerprint density at radius 3 is 1.92 bits per heavy atom. The van der Waals surface area contributed by atoms with Crippen molar-refractivity contribution in [1.82, 2.24) is 0 Å². The van der Waals surface area contributed by atoms with E-state index in [1.807, 2.05) is 0 Å². The number of hydrogen-bond donors (Lipinski definition) is 2. The zero-order valence-electron chi connectivity index (χ0n) is 13.6. The standard InChI is InChI=1S/C15H15F3N2O4S2/c1-9-7-13(25(19,21)22)8-14(10(9)2)20-26(23,24)12-5-3-11(4-6-12)15(16,17)18/h3-8,20H,1-2H3,(H2,19,21,22). The van der Waals surface area contributed by atoms with Crippen LogP contribution < -0.4 is 9.86 Å². The smallest absolute Gasteiger partial charge is 0.279 e. The molecule has 0 radical (unpaired) electrons. The average Bonchev–Trinajstić information content (AvgIpc) is 2.49. The van der Waals surface area contributed by atoms with Gasteiger partial charge in [-0.2, -0.15) is 13.2 Å². The highest BCUT2D eigenvalue weighted by atomic mass is 32.2. The molecule has 0 aliphatic heterocycles. The quantitative estimate of drug-likeness (QED) is 0.811. The molecule has 0 atom stereocenters. The van der Waals surface area contributed by atoms with E-state index in [2.05, 4.69) is 4.72 Å². The number of anilines is 1. The third-order valence-electron chi connectivity index (χ3n) is 3.71. The number of rotatable bonds is 4.